The number of fused-ring (bicyclic) bond motifs is 5. The number of ether oxygens (including phenoxy) is 3. The van der Waals surface area contributed by atoms with Crippen LogP contribution < -0.4 is 19.1 Å². The Morgan fingerprint density at radius 3 is 2.11 bits per heavy atom. The second-order valence-electron chi connectivity index (χ2n) is 11.3. The largest absolute Gasteiger partial charge is 0.497 e. The lowest BCUT2D eigenvalue weighted by molar-refractivity contribution is -0.131. The molecule has 0 aromatic heterocycles. The van der Waals surface area contributed by atoms with Gasteiger partial charge in [-0.2, -0.15) is 0 Å². The average Bonchev–Trinajstić information content (AvgIpc) is 3.49. The third kappa shape index (κ3) is 3.98. The molecule has 0 unspecified atom stereocenters. The Morgan fingerprint density at radius 1 is 0.778 bits per heavy atom. The van der Waals surface area contributed by atoms with Gasteiger partial charge in [0.15, 0.2) is 23.1 Å². The number of hydrogen-bond acceptors (Lipinski definition) is 8. The second kappa shape index (κ2) is 10.6. The summed E-state index contributed by atoms with van der Waals surface area (Å²) in [7, 11) is 3.04. The number of esters is 1. The fourth-order valence-electron chi connectivity index (χ4n) is 7.41. The molecule has 4 aromatic rings. The van der Waals surface area contributed by atoms with Crippen LogP contribution in [0.15, 0.2) is 97.1 Å². The topological polar surface area (TPSA) is 99.2 Å². The van der Waals surface area contributed by atoms with Gasteiger partial charge in [-0.15, -0.1) is 0 Å². The zero-order valence-electron chi connectivity index (χ0n) is 24.9. The minimum absolute atomic E-state index is 0.230. The molecule has 3 atom stereocenters. The second-order valence-corrected chi connectivity index (χ2v) is 11.3. The molecule has 2 heterocycles. The van der Waals surface area contributed by atoms with Crippen molar-refractivity contribution in [2.24, 2.45) is 5.41 Å². The molecule has 4 aromatic carbocycles. The third-order valence-corrected chi connectivity index (χ3v) is 9.14. The molecule has 0 saturated carbocycles. The van der Waals surface area contributed by atoms with Crippen molar-refractivity contribution in [1.29, 1.82) is 0 Å². The van der Waals surface area contributed by atoms with E-state index in [0.717, 1.165) is 0 Å². The highest BCUT2D eigenvalue weighted by Crippen LogP contribution is 2.63. The number of Topliss-reactive ketones (excluding diaryl/α,β-unsaturated/α-hetero) is 3. The average molecular weight is 600 g/mol. The van der Waals surface area contributed by atoms with Gasteiger partial charge >= 0.3 is 5.97 Å². The van der Waals surface area contributed by atoms with Crippen LogP contribution in [0.5, 0.6) is 17.2 Å². The summed E-state index contributed by atoms with van der Waals surface area (Å²) in [5.74, 6) is -1.47. The molecule has 0 radical (unpaired) electrons. The van der Waals surface area contributed by atoms with Gasteiger partial charge in [0.2, 0.25) is 0 Å². The van der Waals surface area contributed by atoms with Crippen LogP contribution in [0.25, 0.3) is 6.08 Å². The summed E-state index contributed by atoms with van der Waals surface area (Å²) in [5, 5.41) is 0. The van der Waals surface area contributed by atoms with Gasteiger partial charge in [0.25, 0.3) is 0 Å². The van der Waals surface area contributed by atoms with E-state index >= 15 is 0 Å². The molecule has 1 spiro atoms. The van der Waals surface area contributed by atoms with Crippen molar-refractivity contribution in [2.75, 3.05) is 19.1 Å². The molecule has 0 bridgehead atoms. The fraction of sp³-hybridized carbons (Fsp3) is 0.189. The van der Waals surface area contributed by atoms with Gasteiger partial charge in [0.05, 0.1) is 25.9 Å². The van der Waals surface area contributed by atoms with Crippen molar-refractivity contribution >= 4 is 35.1 Å². The number of benzene rings is 4. The molecule has 45 heavy (non-hydrogen) atoms. The Kier molecular flexibility index (Phi) is 6.66. The summed E-state index contributed by atoms with van der Waals surface area (Å²) in [4.78, 5) is 58.9. The first kappa shape index (κ1) is 28.3. The maximum atomic E-state index is 14.9. The molecule has 7 rings (SSSR count). The van der Waals surface area contributed by atoms with Gasteiger partial charge in [-0.25, -0.2) is 0 Å². The predicted octanol–water partition coefficient (Wildman–Crippen LogP) is 5.95. The predicted molar refractivity (Wildman–Crippen MR) is 167 cm³/mol. The molecule has 224 valence electrons. The zero-order valence-corrected chi connectivity index (χ0v) is 24.9. The standard InChI is InChI=1S/C37H29NO7/c1-21(39)45-28-15-9-12-22-16-19-30-37(35(41)25-13-7-8-14-26(25)36(37)42)31(27-18-17-24(43-2)20-29(27)44-3)33(38(30)32(22)28)34(40)23-10-5-4-6-11-23/h4-20,30-31,33H,1-3H3/t30-,31-,33+/m0/s1. The Balaban J connectivity index is 1.59. The van der Waals surface area contributed by atoms with E-state index in [1.165, 1.54) is 21.1 Å². The first-order chi connectivity index (χ1) is 21.8. The fourth-order valence-corrected chi connectivity index (χ4v) is 7.41. The van der Waals surface area contributed by atoms with Crippen molar-refractivity contribution in [3.8, 4) is 17.2 Å². The van der Waals surface area contributed by atoms with E-state index in [1.807, 2.05) is 29.2 Å². The van der Waals surface area contributed by atoms with Gasteiger partial charge in [-0.1, -0.05) is 84.9 Å². The summed E-state index contributed by atoms with van der Waals surface area (Å²) in [5.41, 5.74) is 0.922. The molecule has 0 N–H and O–H groups in total. The summed E-state index contributed by atoms with van der Waals surface area (Å²) >= 11 is 0. The number of carbonyl (C=O) groups excluding carboxylic acids is 4. The molecule has 0 amide bonds. The van der Waals surface area contributed by atoms with Crippen LogP contribution in [0.1, 0.15) is 55.0 Å². The van der Waals surface area contributed by atoms with Crippen molar-refractivity contribution in [1.82, 2.24) is 0 Å². The number of nitrogens with zero attached hydrogens (tertiary/aromatic N) is 1. The Labute approximate surface area is 259 Å². The molecule has 8 nitrogen and oxygen atoms in total. The van der Waals surface area contributed by atoms with E-state index in [-0.39, 0.29) is 23.1 Å². The molecule has 3 aliphatic rings. The van der Waals surface area contributed by atoms with Crippen LogP contribution in [0.3, 0.4) is 0 Å². The molecule has 8 heteroatoms. The molecule has 1 fully saturated rings. The third-order valence-electron chi connectivity index (χ3n) is 9.14. The number of anilines is 1. The Bertz CT molecular complexity index is 1890. The van der Waals surface area contributed by atoms with Crippen molar-refractivity contribution in [3.05, 3.63) is 125 Å². The summed E-state index contributed by atoms with van der Waals surface area (Å²) in [6.07, 6.45) is 3.65. The normalized spacial score (nSPS) is 20.4. The van der Waals surface area contributed by atoms with Crippen molar-refractivity contribution < 1.29 is 33.4 Å². The Hall–Kier alpha value is -5.50. The van der Waals surface area contributed by atoms with Crippen molar-refractivity contribution in [2.45, 2.75) is 24.9 Å². The molecular weight excluding hydrogens is 570 g/mol. The lowest BCUT2D eigenvalue weighted by atomic mass is 9.64. The molecular formula is C37H29NO7. The molecule has 2 aliphatic heterocycles. The molecule has 1 saturated heterocycles. The van der Waals surface area contributed by atoms with Crippen LogP contribution in [0, 0.1) is 5.41 Å². The highest BCUT2D eigenvalue weighted by Gasteiger charge is 2.72. The van der Waals surface area contributed by atoms with E-state index in [2.05, 4.69) is 0 Å². The first-order valence-corrected chi connectivity index (χ1v) is 14.6. The van der Waals surface area contributed by atoms with E-state index in [0.29, 0.717) is 45.0 Å². The number of rotatable bonds is 6. The highest BCUT2D eigenvalue weighted by molar-refractivity contribution is 6.32. The van der Waals surface area contributed by atoms with E-state index in [4.69, 9.17) is 14.2 Å². The molecule has 1 aliphatic carbocycles. The highest BCUT2D eigenvalue weighted by atomic mass is 16.5. The van der Waals surface area contributed by atoms with Crippen molar-refractivity contribution in [3.63, 3.8) is 0 Å². The van der Waals surface area contributed by atoms with Crippen LogP contribution in [0.4, 0.5) is 5.69 Å². The van der Waals surface area contributed by atoms with Gasteiger partial charge in [-0.05, 0) is 12.1 Å². The van der Waals surface area contributed by atoms with Crippen LogP contribution in [-0.4, -0.2) is 49.6 Å². The van der Waals surface area contributed by atoms with Crippen LogP contribution in [0.2, 0.25) is 0 Å². The van der Waals surface area contributed by atoms with Gasteiger partial charge < -0.3 is 19.1 Å². The maximum absolute atomic E-state index is 14.9. The van der Waals surface area contributed by atoms with E-state index in [9.17, 15) is 19.2 Å². The minimum atomic E-state index is -1.75. The quantitative estimate of drug-likeness (QED) is 0.116. The zero-order chi connectivity index (χ0) is 31.5. The maximum Gasteiger partial charge on any atom is 0.308 e. The van der Waals surface area contributed by atoms with E-state index < -0.39 is 29.4 Å². The van der Waals surface area contributed by atoms with Gasteiger partial charge in [-0.3, -0.25) is 19.2 Å². The smallest absolute Gasteiger partial charge is 0.308 e. The minimum Gasteiger partial charge on any atom is -0.497 e. The lowest BCUT2D eigenvalue weighted by Crippen LogP contribution is -2.48. The first-order valence-electron chi connectivity index (χ1n) is 14.6. The van der Waals surface area contributed by atoms with E-state index in [1.54, 1.807) is 78.9 Å². The number of para-hydroxylation sites is 1. The van der Waals surface area contributed by atoms with Gasteiger partial charge in [0, 0.05) is 46.7 Å². The Morgan fingerprint density at radius 2 is 1.47 bits per heavy atom. The monoisotopic (exact) mass is 599 g/mol. The number of hydrogen-bond donors (Lipinski definition) is 0. The number of ketones is 3. The summed E-state index contributed by atoms with van der Waals surface area (Å²) in [6.45, 7) is 1.30. The number of methoxy groups -OCH3 is 2. The lowest BCUT2D eigenvalue weighted by Gasteiger charge is -2.37. The summed E-state index contributed by atoms with van der Waals surface area (Å²) in [6, 6.07) is 24.1. The SMILES string of the molecule is COc1ccc([C@H]2[C@H](C(=O)c3ccccc3)N3c4c(cccc4OC(C)=O)C=C[C@H]3C23C(=O)c2ccccc2C3=O)c(OC)c1. The van der Waals surface area contributed by atoms with Gasteiger partial charge in [0.1, 0.15) is 23.0 Å². The van der Waals surface area contributed by atoms with Crippen LogP contribution in [-0.2, 0) is 4.79 Å². The number of carbonyl (C=O) groups is 4. The van der Waals surface area contributed by atoms with Crippen LogP contribution >= 0.6 is 0 Å². The summed E-state index contributed by atoms with van der Waals surface area (Å²) < 4.78 is 17.0.